The first-order valence-corrected chi connectivity index (χ1v) is 6.44. The Bertz CT molecular complexity index is 726. The molecule has 1 aliphatic carbocycles. The molecule has 0 saturated carbocycles. The molecule has 1 aliphatic rings. The topological polar surface area (TPSA) is 83.6 Å². The molecule has 0 unspecified atom stereocenters. The Labute approximate surface area is 116 Å². The lowest BCUT2D eigenvalue weighted by atomic mass is 10.1. The average molecular weight is 267 g/mol. The van der Waals surface area contributed by atoms with Gasteiger partial charge >= 0.3 is 0 Å². The van der Waals surface area contributed by atoms with Crippen molar-refractivity contribution in [2.45, 2.75) is 19.3 Å². The van der Waals surface area contributed by atoms with Crippen molar-refractivity contribution in [3.63, 3.8) is 0 Å². The number of hydrogen-bond acceptors (Lipinski definition) is 4. The molecule has 2 heterocycles. The minimum atomic E-state index is -0.261. The molecule has 0 aliphatic heterocycles. The number of pyridine rings is 1. The predicted molar refractivity (Wildman–Crippen MR) is 71.5 cm³/mol. The van der Waals surface area contributed by atoms with Crippen molar-refractivity contribution in [1.29, 1.82) is 5.26 Å². The Morgan fingerprint density at radius 2 is 2.35 bits per heavy atom. The van der Waals surface area contributed by atoms with E-state index in [0.29, 0.717) is 17.1 Å². The minimum Gasteiger partial charge on any atom is -0.354 e. The average Bonchev–Trinajstić information content (AvgIpc) is 3.13. The number of fused-ring (bicyclic) bond motifs is 1. The Kier molecular flexibility index (Phi) is 2.95. The van der Waals surface area contributed by atoms with Crippen LogP contribution in [-0.2, 0) is 12.8 Å². The van der Waals surface area contributed by atoms with E-state index in [-0.39, 0.29) is 5.91 Å². The van der Waals surface area contributed by atoms with Crippen LogP contribution in [0.4, 0.5) is 0 Å². The largest absolute Gasteiger partial charge is 0.354 e. The van der Waals surface area contributed by atoms with Crippen molar-refractivity contribution >= 4 is 5.91 Å². The molecule has 0 atom stereocenters. The second kappa shape index (κ2) is 4.78. The van der Waals surface area contributed by atoms with Gasteiger partial charge in [0.15, 0.2) is 11.5 Å². The van der Waals surface area contributed by atoms with Crippen LogP contribution in [0.5, 0.6) is 0 Å². The van der Waals surface area contributed by atoms with E-state index < -0.39 is 0 Å². The summed E-state index contributed by atoms with van der Waals surface area (Å²) in [6, 6.07) is 5.64. The van der Waals surface area contributed by atoms with E-state index >= 15 is 0 Å². The third-order valence-corrected chi connectivity index (χ3v) is 3.42. The molecule has 2 aromatic heterocycles. The number of carbonyl (C=O) groups is 1. The smallest absolute Gasteiger partial charge is 0.271 e. The molecule has 0 aromatic carbocycles. The standard InChI is InChI=1S/C14H13N5O/c1-16-14(20)12-5-6-19(18-12)13-10(8-15)7-9-3-2-4-11(9)17-13/h5-7H,2-4H2,1H3,(H,16,20). The zero-order valence-electron chi connectivity index (χ0n) is 11.1. The maximum Gasteiger partial charge on any atom is 0.271 e. The molecule has 6 nitrogen and oxygen atoms in total. The molecule has 0 saturated heterocycles. The van der Waals surface area contributed by atoms with Crippen LogP contribution in [0, 0.1) is 11.3 Å². The van der Waals surface area contributed by atoms with Crippen LogP contribution in [0.2, 0.25) is 0 Å². The number of nitrogens with zero attached hydrogens (tertiary/aromatic N) is 4. The molecule has 20 heavy (non-hydrogen) atoms. The lowest BCUT2D eigenvalue weighted by Gasteiger charge is -2.06. The normalized spacial score (nSPS) is 12.8. The van der Waals surface area contributed by atoms with Gasteiger partial charge in [0.1, 0.15) is 6.07 Å². The number of nitriles is 1. The van der Waals surface area contributed by atoms with Crippen molar-refractivity contribution in [3.05, 3.63) is 40.8 Å². The van der Waals surface area contributed by atoms with E-state index in [1.165, 1.54) is 4.68 Å². The van der Waals surface area contributed by atoms with Crippen LogP contribution >= 0.6 is 0 Å². The summed E-state index contributed by atoms with van der Waals surface area (Å²) in [7, 11) is 1.55. The first-order valence-electron chi connectivity index (χ1n) is 6.44. The second-order valence-corrected chi connectivity index (χ2v) is 4.66. The molecule has 100 valence electrons. The summed E-state index contributed by atoms with van der Waals surface area (Å²) in [5.41, 5.74) is 2.95. The van der Waals surface area contributed by atoms with Crippen molar-refractivity contribution in [2.75, 3.05) is 7.05 Å². The molecular formula is C14H13N5O. The Morgan fingerprint density at radius 1 is 1.50 bits per heavy atom. The highest BCUT2D eigenvalue weighted by Gasteiger charge is 2.18. The van der Waals surface area contributed by atoms with Crippen molar-refractivity contribution in [1.82, 2.24) is 20.1 Å². The van der Waals surface area contributed by atoms with Gasteiger partial charge in [0.25, 0.3) is 5.91 Å². The van der Waals surface area contributed by atoms with Crippen LogP contribution in [0.3, 0.4) is 0 Å². The highest BCUT2D eigenvalue weighted by molar-refractivity contribution is 5.91. The van der Waals surface area contributed by atoms with Gasteiger partial charge in [-0.05, 0) is 37.0 Å². The van der Waals surface area contributed by atoms with Gasteiger partial charge in [-0.15, -0.1) is 0 Å². The number of nitrogens with one attached hydrogen (secondary N) is 1. The Morgan fingerprint density at radius 3 is 3.10 bits per heavy atom. The molecule has 0 bridgehead atoms. The van der Waals surface area contributed by atoms with Crippen molar-refractivity contribution < 1.29 is 4.79 Å². The van der Waals surface area contributed by atoms with Gasteiger partial charge in [0.05, 0.1) is 5.56 Å². The quantitative estimate of drug-likeness (QED) is 0.879. The SMILES string of the molecule is CNC(=O)c1ccn(-c2nc3c(cc2C#N)CCC3)n1. The van der Waals surface area contributed by atoms with Gasteiger partial charge in [-0.1, -0.05) is 0 Å². The van der Waals surface area contributed by atoms with E-state index in [1.807, 2.05) is 6.07 Å². The van der Waals surface area contributed by atoms with Crippen LogP contribution in [-0.4, -0.2) is 27.7 Å². The van der Waals surface area contributed by atoms with Gasteiger partial charge in [0.2, 0.25) is 0 Å². The van der Waals surface area contributed by atoms with Gasteiger partial charge in [-0.25, -0.2) is 9.67 Å². The van der Waals surface area contributed by atoms with E-state index in [9.17, 15) is 10.1 Å². The summed E-state index contributed by atoms with van der Waals surface area (Å²) in [4.78, 5) is 16.1. The van der Waals surface area contributed by atoms with E-state index in [1.54, 1.807) is 19.3 Å². The molecule has 0 spiro atoms. The number of amides is 1. The second-order valence-electron chi connectivity index (χ2n) is 4.66. The zero-order valence-corrected chi connectivity index (χ0v) is 11.1. The summed E-state index contributed by atoms with van der Waals surface area (Å²) in [6.45, 7) is 0. The number of carbonyl (C=O) groups excluding carboxylic acids is 1. The Hall–Kier alpha value is -2.68. The molecule has 2 aromatic rings. The summed E-state index contributed by atoms with van der Waals surface area (Å²) >= 11 is 0. The molecule has 6 heteroatoms. The third-order valence-electron chi connectivity index (χ3n) is 3.42. The van der Waals surface area contributed by atoms with Crippen LogP contribution in [0.25, 0.3) is 5.82 Å². The van der Waals surface area contributed by atoms with Gasteiger partial charge in [-0.3, -0.25) is 4.79 Å². The third kappa shape index (κ3) is 1.93. The fraction of sp³-hybridized carbons (Fsp3) is 0.286. The highest BCUT2D eigenvalue weighted by atomic mass is 16.1. The fourth-order valence-corrected chi connectivity index (χ4v) is 2.41. The number of hydrogen-bond donors (Lipinski definition) is 1. The Balaban J connectivity index is 2.08. The first kappa shape index (κ1) is 12.4. The van der Waals surface area contributed by atoms with Gasteiger partial charge in [-0.2, -0.15) is 10.4 Å². The summed E-state index contributed by atoms with van der Waals surface area (Å²) in [6.07, 6.45) is 4.62. The zero-order chi connectivity index (χ0) is 14.1. The van der Waals surface area contributed by atoms with Crippen LogP contribution < -0.4 is 5.32 Å². The summed E-state index contributed by atoms with van der Waals surface area (Å²) in [5, 5.41) is 16.0. The van der Waals surface area contributed by atoms with Crippen LogP contribution in [0.15, 0.2) is 18.3 Å². The van der Waals surface area contributed by atoms with E-state index in [0.717, 1.165) is 30.5 Å². The monoisotopic (exact) mass is 267 g/mol. The molecule has 0 radical (unpaired) electrons. The van der Waals surface area contributed by atoms with Gasteiger partial charge in [0, 0.05) is 18.9 Å². The number of aromatic nitrogens is 3. The first-order chi connectivity index (χ1) is 9.72. The van der Waals surface area contributed by atoms with Crippen LogP contribution in [0.1, 0.15) is 33.7 Å². The predicted octanol–water partition coefficient (Wildman–Crippen LogP) is 0.987. The molecular weight excluding hydrogens is 254 g/mol. The summed E-state index contributed by atoms with van der Waals surface area (Å²) < 4.78 is 1.49. The molecule has 1 N–H and O–H groups in total. The minimum absolute atomic E-state index is 0.261. The van der Waals surface area contributed by atoms with Gasteiger partial charge < -0.3 is 5.32 Å². The maximum atomic E-state index is 11.5. The maximum absolute atomic E-state index is 11.5. The van der Waals surface area contributed by atoms with Crippen molar-refractivity contribution in [3.8, 4) is 11.9 Å². The molecule has 3 rings (SSSR count). The van der Waals surface area contributed by atoms with Crippen molar-refractivity contribution in [2.24, 2.45) is 0 Å². The van der Waals surface area contributed by atoms with E-state index in [2.05, 4.69) is 21.5 Å². The fourth-order valence-electron chi connectivity index (χ4n) is 2.41. The summed E-state index contributed by atoms with van der Waals surface area (Å²) in [5.74, 6) is 0.228. The lowest BCUT2D eigenvalue weighted by molar-refractivity contribution is 0.0957. The molecule has 1 amide bonds. The molecule has 0 fully saturated rings. The van der Waals surface area contributed by atoms with E-state index in [4.69, 9.17) is 0 Å². The number of rotatable bonds is 2. The highest BCUT2D eigenvalue weighted by Crippen LogP contribution is 2.24. The lowest BCUT2D eigenvalue weighted by Crippen LogP contribution is -2.18. The number of aryl methyl sites for hydroxylation is 2.